The minimum absolute atomic E-state index is 0.0248. The zero-order chi connectivity index (χ0) is 15.3. The van der Waals surface area contributed by atoms with E-state index in [0.717, 1.165) is 6.42 Å². The van der Waals surface area contributed by atoms with Crippen LogP contribution in [0.4, 0.5) is 0 Å². The van der Waals surface area contributed by atoms with Crippen molar-refractivity contribution >= 4 is 20.1 Å². The highest BCUT2D eigenvalue weighted by molar-refractivity contribution is 6.74. The lowest BCUT2D eigenvalue weighted by Crippen LogP contribution is -2.48. The van der Waals surface area contributed by atoms with Crippen LogP contribution in [0.25, 0.3) is 0 Å². The fourth-order valence-electron chi connectivity index (χ4n) is 3.02. The largest absolute Gasteiger partial charge is 0.466 e. The van der Waals surface area contributed by atoms with Gasteiger partial charge < -0.3 is 9.16 Å². The molecule has 2 aliphatic carbocycles. The summed E-state index contributed by atoms with van der Waals surface area (Å²) in [6, 6.07) is 0. The molecule has 0 saturated heterocycles. The molecule has 0 bridgehead atoms. The normalized spacial score (nSPS) is 33.0. The summed E-state index contributed by atoms with van der Waals surface area (Å²) in [6.45, 7) is 12.8. The van der Waals surface area contributed by atoms with Crippen LogP contribution < -0.4 is 0 Å². The second-order valence-corrected chi connectivity index (χ2v) is 12.2. The summed E-state index contributed by atoms with van der Waals surface area (Å²) < 4.78 is 11.5. The number of esters is 1. The molecule has 4 nitrogen and oxygen atoms in total. The standard InChI is InChI=1S/C15H26O4Si/c1-7-18-13(17)12-10-8-9-11(16)15(10,12)19-20(5,6)14(2,3)4/h10,12H,7-9H2,1-6H3. The quantitative estimate of drug-likeness (QED) is 0.591. The summed E-state index contributed by atoms with van der Waals surface area (Å²) in [5.74, 6) is -0.476. The summed E-state index contributed by atoms with van der Waals surface area (Å²) in [4.78, 5) is 24.4. The molecule has 0 spiro atoms. The van der Waals surface area contributed by atoms with E-state index >= 15 is 0 Å². The number of ketones is 1. The molecule has 0 amide bonds. The number of carbonyl (C=O) groups is 2. The molecule has 5 heteroatoms. The van der Waals surface area contributed by atoms with Crippen LogP contribution in [0.5, 0.6) is 0 Å². The Balaban J connectivity index is 2.23. The third kappa shape index (κ3) is 2.15. The number of carbonyl (C=O) groups excluding carboxylic acids is 2. The van der Waals surface area contributed by atoms with E-state index in [1.807, 2.05) is 0 Å². The fraction of sp³-hybridized carbons (Fsp3) is 0.867. The summed E-state index contributed by atoms with van der Waals surface area (Å²) in [5.41, 5.74) is -0.852. The Labute approximate surface area is 122 Å². The smallest absolute Gasteiger partial charge is 0.312 e. The lowest BCUT2D eigenvalue weighted by molar-refractivity contribution is -0.149. The predicted octanol–water partition coefficient (Wildman–Crippen LogP) is 2.92. The fourth-order valence-corrected chi connectivity index (χ4v) is 4.56. The van der Waals surface area contributed by atoms with E-state index in [2.05, 4.69) is 33.9 Å². The van der Waals surface area contributed by atoms with E-state index in [1.165, 1.54) is 0 Å². The second-order valence-electron chi connectivity index (χ2n) is 7.45. The molecule has 0 aromatic heterocycles. The van der Waals surface area contributed by atoms with Crippen molar-refractivity contribution in [1.29, 1.82) is 0 Å². The van der Waals surface area contributed by atoms with E-state index < -0.39 is 13.9 Å². The van der Waals surface area contributed by atoms with Gasteiger partial charge in [0.25, 0.3) is 0 Å². The second kappa shape index (κ2) is 4.66. The number of Topliss-reactive ketones (excluding diaryl/α,β-unsaturated/α-hetero) is 1. The lowest BCUT2D eigenvalue weighted by Gasteiger charge is -2.39. The molecule has 3 unspecified atom stereocenters. The number of ether oxygens (including phenoxy) is 1. The zero-order valence-corrected chi connectivity index (χ0v) is 14.4. The monoisotopic (exact) mass is 298 g/mol. The van der Waals surface area contributed by atoms with Crippen molar-refractivity contribution in [3.63, 3.8) is 0 Å². The highest BCUT2D eigenvalue weighted by Crippen LogP contribution is 2.64. The van der Waals surface area contributed by atoms with Gasteiger partial charge in [-0.3, -0.25) is 9.59 Å². The SMILES string of the molecule is CCOC(=O)C1C2CCC(=O)C21O[Si](C)(C)C(C)(C)C. The van der Waals surface area contributed by atoms with Crippen LogP contribution in [0.3, 0.4) is 0 Å². The first kappa shape index (κ1) is 15.7. The van der Waals surface area contributed by atoms with Crippen LogP contribution in [0.15, 0.2) is 0 Å². The summed E-state index contributed by atoms with van der Waals surface area (Å²) in [6.07, 6.45) is 1.30. The van der Waals surface area contributed by atoms with Gasteiger partial charge in [0.1, 0.15) is 5.60 Å². The van der Waals surface area contributed by atoms with Gasteiger partial charge in [-0.15, -0.1) is 0 Å². The van der Waals surface area contributed by atoms with Crippen molar-refractivity contribution in [2.75, 3.05) is 6.61 Å². The molecule has 2 aliphatic rings. The van der Waals surface area contributed by atoms with Crippen molar-refractivity contribution in [1.82, 2.24) is 0 Å². The third-order valence-electron chi connectivity index (χ3n) is 5.20. The Kier molecular flexibility index (Phi) is 3.66. The molecular weight excluding hydrogens is 272 g/mol. The van der Waals surface area contributed by atoms with Gasteiger partial charge >= 0.3 is 5.97 Å². The van der Waals surface area contributed by atoms with Gasteiger partial charge in [-0.05, 0) is 31.5 Å². The molecule has 2 rings (SSSR count). The molecule has 0 heterocycles. The van der Waals surface area contributed by atoms with Crippen LogP contribution in [-0.2, 0) is 18.8 Å². The highest BCUT2D eigenvalue weighted by Gasteiger charge is 2.78. The Hall–Kier alpha value is -0.683. The highest BCUT2D eigenvalue weighted by atomic mass is 28.4. The first-order valence-corrected chi connectivity index (χ1v) is 10.4. The van der Waals surface area contributed by atoms with Crippen LogP contribution in [0.1, 0.15) is 40.5 Å². The van der Waals surface area contributed by atoms with Gasteiger partial charge in [0, 0.05) is 12.3 Å². The average Bonchev–Trinajstić information content (AvgIpc) is 2.82. The van der Waals surface area contributed by atoms with E-state index in [-0.39, 0.29) is 28.6 Å². The molecule has 0 aromatic carbocycles. The Morgan fingerprint density at radius 1 is 1.40 bits per heavy atom. The van der Waals surface area contributed by atoms with Crippen molar-refractivity contribution in [3.8, 4) is 0 Å². The molecule has 0 radical (unpaired) electrons. The maximum absolute atomic E-state index is 12.4. The molecule has 2 saturated carbocycles. The van der Waals surface area contributed by atoms with Crippen LogP contribution in [0, 0.1) is 11.8 Å². The maximum atomic E-state index is 12.4. The first-order chi connectivity index (χ1) is 9.08. The van der Waals surface area contributed by atoms with Gasteiger partial charge in [-0.1, -0.05) is 20.8 Å². The van der Waals surface area contributed by atoms with E-state index in [4.69, 9.17) is 9.16 Å². The summed E-state index contributed by atoms with van der Waals surface area (Å²) in [5, 5.41) is 0.0248. The van der Waals surface area contributed by atoms with Gasteiger partial charge in [0.2, 0.25) is 0 Å². The molecule has 2 fully saturated rings. The predicted molar refractivity (Wildman–Crippen MR) is 78.9 cm³/mol. The van der Waals surface area contributed by atoms with Crippen molar-refractivity contribution in [2.45, 2.75) is 64.3 Å². The summed E-state index contributed by atoms with van der Waals surface area (Å²) in [7, 11) is -2.08. The number of hydrogen-bond acceptors (Lipinski definition) is 4. The minimum Gasteiger partial charge on any atom is -0.466 e. The lowest BCUT2D eigenvalue weighted by atomic mass is 10.1. The number of rotatable bonds is 4. The zero-order valence-electron chi connectivity index (χ0n) is 13.4. The molecular formula is C15H26O4Si. The van der Waals surface area contributed by atoms with Crippen LogP contribution in [0.2, 0.25) is 18.1 Å². The Morgan fingerprint density at radius 2 is 2.00 bits per heavy atom. The van der Waals surface area contributed by atoms with E-state index in [9.17, 15) is 9.59 Å². The van der Waals surface area contributed by atoms with Crippen molar-refractivity contribution in [3.05, 3.63) is 0 Å². The Bertz CT molecular complexity index is 438. The van der Waals surface area contributed by atoms with Gasteiger partial charge in [0.15, 0.2) is 14.1 Å². The van der Waals surface area contributed by atoms with E-state index in [0.29, 0.717) is 13.0 Å². The summed E-state index contributed by atoms with van der Waals surface area (Å²) >= 11 is 0. The molecule has 0 aromatic rings. The topological polar surface area (TPSA) is 52.6 Å². The number of fused-ring (bicyclic) bond motifs is 1. The van der Waals surface area contributed by atoms with Crippen LogP contribution in [-0.4, -0.2) is 32.3 Å². The Morgan fingerprint density at radius 3 is 2.50 bits per heavy atom. The van der Waals surface area contributed by atoms with E-state index in [1.54, 1.807) is 6.92 Å². The minimum atomic E-state index is -2.08. The molecule has 3 atom stereocenters. The van der Waals surface area contributed by atoms with Gasteiger partial charge in [0.05, 0.1) is 12.5 Å². The molecule has 0 N–H and O–H groups in total. The van der Waals surface area contributed by atoms with Crippen LogP contribution >= 0.6 is 0 Å². The average molecular weight is 298 g/mol. The van der Waals surface area contributed by atoms with Crippen molar-refractivity contribution in [2.24, 2.45) is 11.8 Å². The maximum Gasteiger partial charge on any atom is 0.312 e. The molecule has 114 valence electrons. The van der Waals surface area contributed by atoms with Gasteiger partial charge in [-0.2, -0.15) is 0 Å². The molecule has 20 heavy (non-hydrogen) atoms. The first-order valence-electron chi connectivity index (χ1n) is 7.48. The molecule has 0 aliphatic heterocycles. The van der Waals surface area contributed by atoms with Gasteiger partial charge in [-0.25, -0.2) is 0 Å². The number of hydrogen-bond donors (Lipinski definition) is 0. The van der Waals surface area contributed by atoms with Crippen molar-refractivity contribution < 1.29 is 18.8 Å². The third-order valence-corrected chi connectivity index (χ3v) is 9.66.